The van der Waals surface area contributed by atoms with Crippen molar-refractivity contribution in [2.24, 2.45) is 0 Å². The third-order valence-electron chi connectivity index (χ3n) is 3.49. The van der Waals surface area contributed by atoms with E-state index in [0.29, 0.717) is 6.04 Å². The van der Waals surface area contributed by atoms with Gasteiger partial charge >= 0.3 is 0 Å². The SMILES string of the molecule is CNC1CCCc2[nH]nc(C3CC3)c21. The van der Waals surface area contributed by atoms with Gasteiger partial charge in [-0.05, 0) is 39.2 Å². The van der Waals surface area contributed by atoms with Gasteiger partial charge in [-0.2, -0.15) is 5.10 Å². The van der Waals surface area contributed by atoms with E-state index in [1.165, 1.54) is 49.1 Å². The van der Waals surface area contributed by atoms with Gasteiger partial charge in [0.1, 0.15) is 0 Å². The standard InChI is InChI=1S/C11H17N3/c1-12-8-3-2-4-9-10(8)11(14-13-9)7-5-6-7/h7-8,12H,2-6H2,1H3,(H,13,14). The molecule has 2 N–H and O–H groups in total. The van der Waals surface area contributed by atoms with Crippen LogP contribution in [-0.4, -0.2) is 17.2 Å². The molecule has 3 heteroatoms. The summed E-state index contributed by atoms with van der Waals surface area (Å²) in [6.07, 6.45) is 6.42. The number of hydrogen-bond donors (Lipinski definition) is 2. The van der Waals surface area contributed by atoms with Crippen LogP contribution in [0.3, 0.4) is 0 Å². The maximum absolute atomic E-state index is 4.49. The number of fused-ring (bicyclic) bond motifs is 1. The Morgan fingerprint density at radius 2 is 2.21 bits per heavy atom. The van der Waals surface area contributed by atoms with Crippen LogP contribution in [0.25, 0.3) is 0 Å². The second-order valence-electron chi connectivity index (χ2n) is 4.51. The molecule has 0 amide bonds. The molecule has 0 aliphatic heterocycles. The molecule has 0 saturated heterocycles. The minimum absolute atomic E-state index is 0.549. The van der Waals surface area contributed by atoms with Crippen LogP contribution < -0.4 is 5.32 Å². The van der Waals surface area contributed by atoms with Crippen molar-refractivity contribution in [3.05, 3.63) is 17.0 Å². The quantitative estimate of drug-likeness (QED) is 0.749. The second kappa shape index (κ2) is 3.09. The molecule has 0 aromatic carbocycles. The lowest BCUT2D eigenvalue weighted by atomic mass is 9.90. The number of aryl methyl sites for hydroxylation is 1. The Hall–Kier alpha value is -0.830. The van der Waals surface area contributed by atoms with E-state index in [4.69, 9.17) is 0 Å². The Balaban J connectivity index is 2.02. The molecule has 14 heavy (non-hydrogen) atoms. The van der Waals surface area contributed by atoms with Gasteiger partial charge in [0, 0.05) is 23.2 Å². The first kappa shape index (κ1) is 8.48. The van der Waals surface area contributed by atoms with Crippen LogP contribution in [0.15, 0.2) is 0 Å². The van der Waals surface area contributed by atoms with E-state index in [2.05, 4.69) is 22.6 Å². The van der Waals surface area contributed by atoms with Crippen LogP contribution in [0.2, 0.25) is 0 Å². The summed E-state index contributed by atoms with van der Waals surface area (Å²) in [4.78, 5) is 0. The lowest BCUT2D eigenvalue weighted by molar-refractivity contribution is 0.491. The first-order valence-electron chi connectivity index (χ1n) is 5.64. The number of rotatable bonds is 2. The van der Waals surface area contributed by atoms with Gasteiger partial charge in [-0.15, -0.1) is 0 Å². The summed E-state index contributed by atoms with van der Waals surface area (Å²) in [6.45, 7) is 0. The van der Waals surface area contributed by atoms with E-state index >= 15 is 0 Å². The van der Waals surface area contributed by atoms with Crippen molar-refractivity contribution in [3.63, 3.8) is 0 Å². The molecule has 76 valence electrons. The fourth-order valence-electron chi connectivity index (χ4n) is 2.57. The highest BCUT2D eigenvalue weighted by Gasteiger charge is 2.33. The average Bonchev–Trinajstić information content (AvgIpc) is 2.97. The molecule has 1 aromatic heterocycles. The zero-order chi connectivity index (χ0) is 9.54. The minimum atomic E-state index is 0.549. The Morgan fingerprint density at radius 3 is 2.93 bits per heavy atom. The molecular formula is C11H17N3. The van der Waals surface area contributed by atoms with Gasteiger partial charge in [-0.3, -0.25) is 5.10 Å². The first-order valence-corrected chi connectivity index (χ1v) is 5.64. The van der Waals surface area contributed by atoms with E-state index in [9.17, 15) is 0 Å². The maximum atomic E-state index is 4.49. The molecule has 0 bridgehead atoms. The predicted molar refractivity (Wildman–Crippen MR) is 55.3 cm³/mol. The molecule has 2 aliphatic rings. The topological polar surface area (TPSA) is 40.7 Å². The summed E-state index contributed by atoms with van der Waals surface area (Å²) in [5, 5.41) is 11.1. The molecule has 1 heterocycles. The second-order valence-corrected chi connectivity index (χ2v) is 4.51. The van der Waals surface area contributed by atoms with Gasteiger partial charge in [0.2, 0.25) is 0 Å². The monoisotopic (exact) mass is 191 g/mol. The van der Waals surface area contributed by atoms with E-state index < -0.39 is 0 Å². The molecule has 0 spiro atoms. The van der Waals surface area contributed by atoms with Gasteiger partial charge < -0.3 is 5.32 Å². The van der Waals surface area contributed by atoms with E-state index in [1.54, 1.807) is 0 Å². The third kappa shape index (κ3) is 1.19. The number of hydrogen-bond acceptors (Lipinski definition) is 2. The molecule has 3 nitrogen and oxygen atoms in total. The minimum Gasteiger partial charge on any atom is -0.313 e. The largest absolute Gasteiger partial charge is 0.313 e. The Morgan fingerprint density at radius 1 is 1.36 bits per heavy atom. The van der Waals surface area contributed by atoms with Crippen LogP contribution in [0, 0.1) is 0 Å². The van der Waals surface area contributed by atoms with Crippen molar-refractivity contribution in [2.75, 3.05) is 7.05 Å². The first-order chi connectivity index (χ1) is 6.90. The lowest BCUT2D eigenvalue weighted by Crippen LogP contribution is -2.21. The zero-order valence-electron chi connectivity index (χ0n) is 8.64. The highest BCUT2D eigenvalue weighted by Crippen LogP contribution is 2.44. The molecular weight excluding hydrogens is 174 g/mol. The molecule has 1 saturated carbocycles. The molecule has 2 aliphatic carbocycles. The molecule has 1 aromatic rings. The number of aromatic nitrogens is 2. The molecule has 1 unspecified atom stereocenters. The van der Waals surface area contributed by atoms with Gasteiger partial charge in [-0.1, -0.05) is 0 Å². The fourth-order valence-corrected chi connectivity index (χ4v) is 2.57. The number of aromatic amines is 1. The molecule has 3 rings (SSSR count). The summed E-state index contributed by atoms with van der Waals surface area (Å²) in [5.74, 6) is 0.768. The van der Waals surface area contributed by atoms with Crippen LogP contribution >= 0.6 is 0 Å². The van der Waals surface area contributed by atoms with Crippen molar-refractivity contribution in [3.8, 4) is 0 Å². The van der Waals surface area contributed by atoms with Crippen LogP contribution in [0.1, 0.15) is 54.6 Å². The van der Waals surface area contributed by atoms with E-state index in [0.717, 1.165) is 5.92 Å². The number of H-pyrrole nitrogens is 1. The third-order valence-corrected chi connectivity index (χ3v) is 3.49. The van der Waals surface area contributed by atoms with Crippen molar-refractivity contribution in [1.82, 2.24) is 15.5 Å². The Labute approximate surface area is 84.3 Å². The van der Waals surface area contributed by atoms with Crippen LogP contribution in [0.4, 0.5) is 0 Å². The van der Waals surface area contributed by atoms with Crippen LogP contribution in [0.5, 0.6) is 0 Å². The summed E-state index contributed by atoms with van der Waals surface area (Å²) in [6, 6.07) is 0.549. The van der Waals surface area contributed by atoms with Gasteiger partial charge in [0.05, 0.1) is 5.69 Å². The molecule has 1 fully saturated rings. The Bertz CT molecular complexity index is 338. The van der Waals surface area contributed by atoms with Gasteiger partial charge in [-0.25, -0.2) is 0 Å². The summed E-state index contributed by atoms with van der Waals surface area (Å²) in [7, 11) is 2.06. The van der Waals surface area contributed by atoms with Gasteiger partial charge in [0.15, 0.2) is 0 Å². The highest BCUT2D eigenvalue weighted by molar-refractivity contribution is 5.35. The van der Waals surface area contributed by atoms with Gasteiger partial charge in [0.25, 0.3) is 0 Å². The summed E-state index contributed by atoms with van der Waals surface area (Å²) in [5.41, 5.74) is 4.25. The smallest absolute Gasteiger partial charge is 0.0703 e. The summed E-state index contributed by atoms with van der Waals surface area (Å²) < 4.78 is 0. The van der Waals surface area contributed by atoms with E-state index in [-0.39, 0.29) is 0 Å². The normalized spacial score (nSPS) is 26.2. The highest BCUT2D eigenvalue weighted by atomic mass is 15.1. The number of nitrogens with one attached hydrogen (secondary N) is 2. The molecule has 0 radical (unpaired) electrons. The van der Waals surface area contributed by atoms with E-state index in [1.807, 2.05) is 0 Å². The summed E-state index contributed by atoms with van der Waals surface area (Å²) >= 11 is 0. The number of nitrogens with zero attached hydrogens (tertiary/aromatic N) is 1. The van der Waals surface area contributed by atoms with Crippen molar-refractivity contribution in [1.29, 1.82) is 0 Å². The van der Waals surface area contributed by atoms with Crippen molar-refractivity contribution in [2.45, 2.75) is 44.1 Å². The lowest BCUT2D eigenvalue weighted by Gasteiger charge is -2.22. The molecule has 1 atom stereocenters. The van der Waals surface area contributed by atoms with Crippen molar-refractivity contribution >= 4 is 0 Å². The van der Waals surface area contributed by atoms with Crippen LogP contribution in [-0.2, 0) is 6.42 Å². The average molecular weight is 191 g/mol. The van der Waals surface area contributed by atoms with Crippen molar-refractivity contribution < 1.29 is 0 Å². The fraction of sp³-hybridized carbons (Fsp3) is 0.727. The maximum Gasteiger partial charge on any atom is 0.0703 e. The zero-order valence-corrected chi connectivity index (χ0v) is 8.64. The Kier molecular flexibility index (Phi) is 1.87. The predicted octanol–water partition coefficient (Wildman–Crippen LogP) is 1.88.